The summed E-state index contributed by atoms with van der Waals surface area (Å²) in [4.78, 5) is 29.4. The molecule has 0 saturated carbocycles. The van der Waals surface area contributed by atoms with Crippen molar-refractivity contribution in [2.75, 3.05) is 20.3 Å². The fourth-order valence-electron chi connectivity index (χ4n) is 5.59. The van der Waals surface area contributed by atoms with Crippen molar-refractivity contribution in [3.8, 4) is 5.75 Å². The second kappa shape index (κ2) is 8.44. The number of phenolic OH excluding ortho intramolecular Hbond substituents is 1. The number of rotatable bonds is 4. The summed E-state index contributed by atoms with van der Waals surface area (Å²) < 4.78 is 5.40. The molecule has 0 amide bonds. The molecular weight excluding hydrogens is 461 g/mol. The Morgan fingerprint density at radius 1 is 0.939 bits per heavy atom. The van der Waals surface area contributed by atoms with Crippen LogP contribution in [0.2, 0.25) is 10.0 Å². The van der Waals surface area contributed by atoms with Gasteiger partial charge in [0.05, 0.1) is 16.7 Å². The van der Waals surface area contributed by atoms with Gasteiger partial charge < -0.3 is 14.7 Å². The predicted molar refractivity (Wildman–Crippen MR) is 130 cm³/mol. The van der Waals surface area contributed by atoms with E-state index in [4.69, 9.17) is 27.9 Å². The molecule has 1 aromatic rings. The zero-order valence-corrected chi connectivity index (χ0v) is 21.4. The first kappa shape index (κ1) is 24.3. The van der Waals surface area contributed by atoms with Crippen LogP contribution in [0.5, 0.6) is 5.75 Å². The number of benzene rings is 1. The second-order valence-corrected chi connectivity index (χ2v) is 11.8. The largest absolute Gasteiger partial charge is 0.505 e. The average Bonchev–Trinajstić information content (AvgIpc) is 2.68. The highest BCUT2D eigenvalue weighted by molar-refractivity contribution is 6.37. The maximum absolute atomic E-state index is 13.6. The maximum Gasteiger partial charge on any atom is 0.162 e. The molecule has 0 bridgehead atoms. The van der Waals surface area contributed by atoms with E-state index in [1.54, 1.807) is 19.2 Å². The van der Waals surface area contributed by atoms with E-state index in [1.165, 1.54) is 0 Å². The van der Waals surface area contributed by atoms with Gasteiger partial charge in [0.2, 0.25) is 0 Å². The topological polar surface area (TPSA) is 66.8 Å². The smallest absolute Gasteiger partial charge is 0.162 e. The Hall–Kier alpha value is -1.82. The Morgan fingerprint density at radius 2 is 1.39 bits per heavy atom. The fraction of sp³-hybridized carbons (Fsp3) is 0.538. The van der Waals surface area contributed by atoms with Crippen LogP contribution in [-0.2, 0) is 14.3 Å². The van der Waals surface area contributed by atoms with Gasteiger partial charge in [-0.1, -0.05) is 50.9 Å². The zero-order valence-electron chi connectivity index (χ0n) is 19.8. The number of allylic oxidation sites excluding steroid dienone is 4. The molecule has 0 unspecified atom stereocenters. The molecule has 1 aliphatic heterocycles. The van der Waals surface area contributed by atoms with E-state index < -0.39 is 5.92 Å². The molecule has 1 aromatic carbocycles. The quantitative estimate of drug-likeness (QED) is 0.556. The molecule has 0 fully saturated rings. The lowest BCUT2D eigenvalue weighted by molar-refractivity contribution is -0.119. The van der Waals surface area contributed by atoms with Crippen molar-refractivity contribution in [2.24, 2.45) is 10.8 Å². The van der Waals surface area contributed by atoms with Crippen LogP contribution >= 0.6 is 23.2 Å². The Labute approximate surface area is 205 Å². The third kappa shape index (κ3) is 4.36. The molecule has 0 atom stereocenters. The van der Waals surface area contributed by atoms with Crippen molar-refractivity contribution in [3.63, 3.8) is 0 Å². The third-order valence-corrected chi connectivity index (χ3v) is 7.49. The van der Waals surface area contributed by atoms with Crippen LogP contribution < -0.4 is 0 Å². The second-order valence-electron chi connectivity index (χ2n) is 11.0. The Kier molecular flexibility index (Phi) is 6.22. The molecule has 0 aromatic heterocycles. The van der Waals surface area contributed by atoms with E-state index in [-0.39, 0.29) is 38.2 Å². The summed E-state index contributed by atoms with van der Waals surface area (Å²) in [6.07, 6.45) is 2.25. The molecule has 4 rings (SSSR count). The number of hydrogen-bond acceptors (Lipinski definition) is 5. The zero-order chi connectivity index (χ0) is 24.3. The summed E-state index contributed by atoms with van der Waals surface area (Å²) in [5.74, 6) is -0.664. The summed E-state index contributed by atoms with van der Waals surface area (Å²) in [6.45, 7) is 9.47. The number of methoxy groups -OCH3 is 1. The molecule has 33 heavy (non-hydrogen) atoms. The van der Waals surface area contributed by atoms with Gasteiger partial charge >= 0.3 is 0 Å². The molecule has 5 nitrogen and oxygen atoms in total. The van der Waals surface area contributed by atoms with Crippen LogP contribution in [0.25, 0.3) is 0 Å². The first-order valence-corrected chi connectivity index (χ1v) is 12.1. The summed E-state index contributed by atoms with van der Waals surface area (Å²) in [6, 6.07) is 3.26. The number of Topliss-reactive ketones (excluding diaryl/α,β-unsaturated/α-hetero) is 2. The van der Waals surface area contributed by atoms with Gasteiger partial charge in [0.1, 0.15) is 0 Å². The SMILES string of the molecule is COCCN1C2=C(C(=O)CC(C)(C)C2)C(c2cc(Cl)c(O)c(Cl)c2)C2=C1CC(C)(C)CC2=O. The van der Waals surface area contributed by atoms with Gasteiger partial charge in [-0.05, 0) is 41.4 Å². The number of ketones is 2. The van der Waals surface area contributed by atoms with Crippen molar-refractivity contribution in [1.29, 1.82) is 0 Å². The number of carbonyl (C=O) groups excluding carboxylic acids is 2. The maximum atomic E-state index is 13.6. The molecule has 3 aliphatic rings. The molecule has 0 radical (unpaired) electrons. The molecule has 1 heterocycles. The summed E-state index contributed by atoms with van der Waals surface area (Å²) in [5, 5.41) is 10.3. The van der Waals surface area contributed by atoms with E-state index in [2.05, 4.69) is 32.6 Å². The number of hydrogen-bond donors (Lipinski definition) is 1. The monoisotopic (exact) mass is 491 g/mol. The molecule has 7 heteroatoms. The van der Waals surface area contributed by atoms with Gasteiger partial charge in [0.25, 0.3) is 0 Å². The number of ether oxygens (including phenoxy) is 1. The van der Waals surface area contributed by atoms with Crippen LogP contribution in [0.15, 0.2) is 34.7 Å². The minimum atomic E-state index is -0.545. The normalized spacial score (nSPS) is 22.6. The fourth-order valence-corrected chi connectivity index (χ4v) is 6.09. The highest BCUT2D eigenvalue weighted by Crippen LogP contribution is 2.55. The van der Waals surface area contributed by atoms with E-state index in [0.717, 1.165) is 24.2 Å². The highest BCUT2D eigenvalue weighted by atomic mass is 35.5. The Bertz CT molecular complexity index is 1020. The van der Waals surface area contributed by atoms with Crippen molar-refractivity contribution >= 4 is 34.8 Å². The summed E-state index contributed by atoms with van der Waals surface area (Å²) >= 11 is 12.6. The van der Waals surface area contributed by atoms with Crippen LogP contribution in [-0.4, -0.2) is 41.8 Å². The first-order chi connectivity index (χ1) is 15.3. The van der Waals surface area contributed by atoms with Crippen molar-refractivity contribution in [2.45, 2.75) is 59.3 Å². The standard InChI is InChI=1S/C26H31Cl2NO4/c1-25(2)10-17-22(19(30)12-25)21(14-8-15(27)24(32)16(28)9-14)23-18(29(17)6-7-33-5)11-26(3,4)13-20(23)31/h8-9,21,32H,6-7,10-13H2,1-5H3. The minimum Gasteiger partial charge on any atom is -0.505 e. The number of phenols is 1. The number of nitrogens with zero attached hydrogens (tertiary/aromatic N) is 1. The van der Waals surface area contributed by atoms with Crippen LogP contribution in [0.4, 0.5) is 0 Å². The van der Waals surface area contributed by atoms with E-state index in [0.29, 0.717) is 42.7 Å². The Morgan fingerprint density at radius 3 is 1.82 bits per heavy atom. The van der Waals surface area contributed by atoms with Gasteiger partial charge in [-0.25, -0.2) is 0 Å². The highest BCUT2D eigenvalue weighted by Gasteiger charge is 2.49. The van der Waals surface area contributed by atoms with Crippen LogP contribution in [0.3, 0.4) is 0 Å². The number of carbonyl (C=O) groups is 2. The lowest BCUT2D eigenvalue weighted by Gasteiger charge is -2.49. The van der Waals surface area contributed by atoms with Crippen LogP contribution in [0.1, 0.15) is 64.9 Å². The lowest BCUT2D eigenvalue weighted by atomic mass is 9.63. The third-order valence-electron chi connectivity index (χ3n) is 6.91. The van der Waals surface area contributed by atoms with Crippen LogP contribution in [0, 0.1) is 10.8 Å². The average molecular weight is 492 g/mol. The van der Waals surface area contributed by atoms with Gasteiger partial charge in [0.15, 0.2) is 17.3 Å². The molecular formula is C26H31Cl2NO4. The van der Waals surface area contributed by atoms with E-state index >= 15 is 0 Å². The van der Waals surface area contributed by atoms with Gasteiger partial charge in [-0.3, -0.25) is 9.59 Å². The molecule has 2 aliphatic carbocycles. The van der Waals surface area contributed by atoms with Crippen molar-refractivity contribution < 1.29 is 19.4 Å². The van der Waals surface area contributed by atoms with Gasteiger partial charge in [0, 0.05) is 55.0 Å². The van der Waals surface area contributed by atoms with E-state index in [9.17, 15) is 14.7 Å². The van der Waals surface area contributed by atoms with Gasteiger partial charge in [-0.2, -0.15) is 0 Å². The molecule has 0 spiro atoms. The Balaban J connectivity index is 2.01. The number of aromatic hydroxyl groups is 1. The first-order valence-electron chi connectivity index (χ1n) is 11.3. The molecule has 178 valence electrons. The lowest BCUT2D eigenvalue weighted by Crippen LogP contribution is -2.45. The predicted octanol–water partition coefficient (Wildman–Crippen LogP) is 6.03. The van der Waals surface area contributed by atoms with Crippen molar-refractivity contribution in [1.82, 2.24) is 4.90 Å². The van der Waals surface area contributed by atoms with Crippen molar-refractivity contribution in [3.05, 3.63) is 50.3 Å². The van der Waals surface area contributed by atoms with E-state index in [1.807, 2.05) is 0 Å². The summed E-state index contributed by atoms with van der Waals surface area (Å²) in [7, 11) is 1.66. The minimum absolute atomic E-state index is 0.0400. The summed E-state index contributed by atoms with van der Waals surface area (Å²) in [5.41, 5.74) is 3.50. The molecule has 1 N–H and O–H groups in total. The van der Waals surface area contributed by atoms with Gasteiger partial charge in [-0.15, -0.1) is 0 Å². The number of halogens is 2. The molecule has 0 saturated heterocycles.